The Labute approximate surface area is 236 Å². The van der Waals surface area contributed by atoms with Crippen molar-refractivity contribution in [2.75, 3.05) is 17.1 Å². The van der Waals surface area contributed by atoms with E-state index in [1.807, 2.05) is 43.3 Å². The number of carbonyl (C=O) groups excluding carboxylic acids is 2. The Hall–Kier alpha value is -3.72. The van der Waals surface area contributed by atoms with E-state index in [0.29, 0.717) is 5.69 Å². The van der Waals surface area contributed by atoms with Gasteiger partial charge in [0.2, 0.25) is 21.8 Å². The van der Waals surface area contributed by atoms with Crippen LogP contribution in [0.1, 0.15) is 42.4 Å². The van der Waals surface area contributed by atoms with E-state index in [1.165, 1.54) is 11.0 Å². The van der Waals surface area contributed by atoms with E-state index in [0.717, 1.165) is 47.4 Å². The first-order chi connectivity index (χ1) is 19.1. The summed E-state index contributed by atoms with van der Waals surface area (Å²) in [5.41, 5.74) is 2.25. The molecular formula is C31H36FN3O4S. The molecule has 0 unspecified atom stereocenters. The molecule has 0 heterocycles. The van der Waals surface area contributed by atoms with Crippen LogP contribution >= 0.6 is 0 Å². The Morgan fingerprint density at radius 1 is 0.975 bits per heavy atom. The first kappa shape index (κ1) is 29.3. The predicted octanol–water partition coefficient (Wildman–Crippen LogP) is 4.60. The quantitative estimate of drug-likeness (QED) is 0.368. The molecule has 7 nitrogen and oxygen atoms in total. The van der Waals surface area contributed by atoms with E-state index < -0.39 is 34.3 Å². The summed E-state index contributed by atoms with van der Waals surface area (Å²) in [5, 5.41) is 3.10. The summed E-state index contributed by atoms with van der Waals surface area (Å²) in [6.07, 6.45) is 5.00. The third-order valence-corrected chi connectivity index (χ3v) is 8.38. The molecule has 9 heteroatoms. The van der Waals surface area contributed by atoms with Crippen molar-refractivity contribution in [1.29, 1.82) is 0 Å². The topological polar surface area (TPSA) is 86.8 Å². The van der Waals surface area contributed by atoms with Gasteiger partial charge in [-0.25, -0.2) is 12.8 Å². The van der Waals surface area contributed by atoms with Crippen LogP contribution in [0.25, 0.3) is 0 Å². The zero-order chi connectivity index (χ0) is 28.7. The number of hydrogen-bond acceptors (Lipinski definition) is 4. The summed E-state index contributed by atoms with van der Waals surface area (Å²) >= 11 is 0. The van der Waals surface area contributed by atoms with Crippen LogP contribution in [0.15, 0.2) is 78.9 Å². The lowest BCUT2D eigenvalue weighted by Crippen LogP contribution is -2.54. The van der Waals surface area contributed by atoms with Crippen LogP contribution in [0.4, 0.5) is 10.1 Å². The summed E-state index contributed by atoms with van der Waals surface area (Å²) in [4.78, 5) is 29.2. The Kier molecular flexibility index (Phi) is 9.58. The Balaban J connectivity index is 1.73. The molecule has 1 aliphatic carbocycles. The van der Waals surface area contributed by atoms with Crippen LogP contribution in [-0.2, 0) is 32.6 Å². The van der Waals surface area contributed by atoms with Gasteiger partial charge in [0.25, 0.3) is 0 Å². The number of nitrogens with one attached hydrogen (secondary N) is 1. The summed E-state index contributed by atoms with van der Waals surface area (Å²) in [7, 11) is -3.86. The molecule has 3 aromatic rings. The second-order valence-electron chi connectivity index (χ2n) is 10.4. The van der Waals surface area contributed by atoms with Crippen molar-refractivity contribution in [3.63, 3.8) is 0 Å². The molecule has 0 spiro atoms. The number of carbonyl (C=O) groups is 2. The normalized spacial score (nSPS) is 14.5. The number of sulfonamides is 1. The van der Waals surface area contributed by atoms with Gasteiger partial charge in [-0.15, -0.1) is 0 Å². The second kappa shape index (κ2) is 13.1. The molecule has 1 fully saturated rings. The molecular weight excluding hydrogens is 529 g/mol. The Morgan fingerprint density at radius 3 is 2.30 bits per heavy atom. The minimum absolute atomic E-state index is 0.0102. The molecule has 0 aliphatic heterocycles. The standard InChI is InChI=1S/C31H36FN3O4S/c1-23-11-10-17-27(19-23)35(40(2,38)39)22-30(36)34(21-25-14-6-9-18-28(25)32)29(20-24-12-4-3-5-13-24)31(37)33-26-15-7-8-16-26/h3-6,9-14,17-19,26,29H,7-8,15-16,20-22H2,1-2H3,(H,33,37)/t29-/m1/s1. The SMILES string of the molecule is Cc1cccc(N(CC(=O)N(Cc2ccccc2F)[C@H](Cc2ccccc2)C(=O)NC2CCCC2)S(C)(=O)=O)c1. The molecule has 3 aromatic carbocycles. The fraction of sp³-hybridized carbons (Fsp3) is 0.355. The van der Waals surface area contributed by atoms with E-state index >= 15 is 0 Å². The minimum Gasteiger partial charge on any atom is -0.352 e. The average molecular weight is 566 g/mol. The fourth-order valence-corrected chi connectivity index (χ4v) is 5.97. The fourth-order valence-electron chi connectivity index (χ4n) is 5.13. The minimum atomic E-state index is -3.86. The number of amides is 2. The van der Waals surface area contributed by atoms with Crippen LogP contribution in [0, 0.1) is 12.7 Å². The highest BCUT2D eigenvalue weighted by molar-refractivity contribution is 7.92. The third kappa shape index (κ3) is 7.69. The van der Waals surface area contributed by atoms with Crippen molar-refractivity contribution >= 4 is 27.5 Å². The van der Waals surface area contributed by atoms with Gasteiger partial charge in [-0.3, -0.25) is 13.9 Å². The van der Waals surface area contributed by atoms with Crippen molar-refractivity contribution in [3.8, 4) is 0 Å². The molecule has 2 amide bonds. The predicted molar refractivity (Wildman–Crippen MR) is 155 cm³/mol. The molecule has 212 valence electrons. The zero-order valence-corrected chi connectivity index (χ0v) is 23.7. The number of aryl methyl sites for hydroxylation is 1. The molecule has 0 radical (unpaired) electrons. The first-order valence-electron chi connectivity index (χ1n) is 13.5. The van der Waals surface area contributed by atoms with Crippen LogP contribution in [-0.4, -0.2) is 50.0 Å². The highest BCUT2D eigenvalue weighted by atomic mass is 32.2. The second-order valence-corrected chi connectivity index (χ2v) is 12.3. The Bertz CT molecular complexity index is 1430. The molecule has 1 aliphatic rings. The summed E-state index contributed by atoms with van der Waals surface area (Å²) in [5.74, 6) is -1.44. The van der Waals surface area contributed by atoms with Gasteiger partial charge < -0.3 is 10.2 Å². The van der Waals surface area contributed by atoms with Crippen molar-refractivity contribution in [1.82, 2.24) is 10.2 Å². The summed E-state index contributed by atoms with van der Waals surface area (Å²) in [6.45, 7) is 1.12. The zero-order valence-electron chi connectivity index (χ0n) is 22.9. The maximum Gasteiger partial charge on any atom is 0.244 e. The van der Waals surface area contributed by atoms with Crippen LogP contribution < -0.4 is 9.62 Å². The van der Waals surface area contributed by atoms with E-state index in [-0.39, 0.29) is 30.5 Å². The van der Waals surface area contributed by atoms with Crippen molar-refractivity contribution < 1.29 is 22.4 Å². The summed E-state index contributed by atoms with van der Waals surface area (Å²) in [6, 6.07) is 21.3. The average Bonchev–Trinajstić information content (AvgIpc) is 3.43. The molecule has 0 aromatic heterocycles. The van der Waals surface area contributed by atoms with Crippen LogP contribution in [0.3, 0.4) is 0 Å². The molecule has 1 atom stereocenters. The third-order valence-electron chi connectivity index (χ3n) is 7.24. The Morgan fingerprint density at radius 2 is 1.65 bits per heavy atom. The van der Waals surface area contributed by atoms with Crippen molar-refractivity contribution in [3.05, 3.63) is 101 Å². The van der Waals surface area contributed by atoms with Gasteiger partial charge in [-0.05, 0) is 49.1 Å². The number of anilines is 1. The monoisotopic (exact) mass is 565 g/mol. The molecule has 0 bridgehead atoms. The van der Waals surface area contributed by atoms with Gasteiger partial charge >= 0.3 is 0 Å². The maximum absolute atomic E-state index is 14.8. The lowest BCUT2D eigenvalue weighted by molar-refractivity contribution is -0.140. The van der Waals surface area contributed by atoms with Gasteiger partial charge in [0.1, 0.15) is 18.4 Å². The van der Waals surface area contributed by atoms with Crippen molar-refractivity contribution in [2.45, 2.75) is 57.7 Å². The lowest BCUT2D eigenvalue weighted by atomic mass is 10.0. The molecule has 1 N–H and O–H groups in total. The largest absolute Gasteiger partial charge is 0.352 e. The van der Waals surface area contributed by atoms with Crippen molar-refractivity contribution in [2.24, 2.45) is 0 Å². The lowest BCUT2D eigenvalue weighted by Gasteiger charge is -2.34. The smallest absolute Gasteiger partial charge is 0.244 e. The number of hydrogen-bond donors (Lipinski definition) is 1. The number of benzene rings is 3. The number of nitrogens with zero attached hydrogens (tertiary/aromatic N) is 2. The van der Waals surface area contributed by atoms with E-state index in [4.69, 9.17) is 0 Å². The van der Waals surface area contributed by atoms with Gasteiger partial charge in [0.15, 0.2) is 0 Å². The first-order valence-corrected chi connectivity index (χ1v) is 15.4. The van der Waals surface area contributed by atoms with Gasteiger partial charge in [0.05, 0.1) is 11.9 Å². The number of rotatable bonds is 11. The van der Waals surface area contributed by atoms with E-state index in [1.54, 1.807) is 36.4 Å². The highest BCUT2D eigenvalue weighted by Crippen LogP contribution is 2.23. The highest BCUT2D eigenvalue weighted by Gasteiger charge is 2.34. The van der Waals surface area contributed by atoms with Gasteiger partial charge in [0, 0.05) is 24.6 Å². The molecule has 40 heavy (non-hydrogen) atoms. The maximum atomic E-state index is 14.8. The molecule has 1 saturated carbocycles. The van der Waals surface area contributed by atoms with Crippen LogP contribution in [0.2, 0.25) is 0 Å². The molecule has 0 saturated heterocycles. The van der Waals surface area contributed by atoms with Crippen LogP contribution in [0.5, 0.6) is 0 Å². The molecule has 4 rings (SSSR count). The summed E-state index contributed by atoms with van der Waals surface area (Å²) < 4.78 is 41.6. The van der Waals surface area contributed by atoms with Gasteiger partial charge in [-0.2, -0.15) is 0 Å². The van der Waals surface area contributed by atoms with Gasteiger partial charge in [-0.1, -0.05) is 73.5 Å². The number of halogens is 1. The van der Waals surface area contributed by atoms with E-state index in [2.05, 4.69) is 5.32 Å². The van der Waals surface area contributed by atoms with E-state index in [9.17, 15) is 22.4 Å².